The van der Waals surface area contributed by atoms with E-state index in [4.69, 9.17) is 9.84 Å². The molecule has 1 fully saturated rings. The molecule has 104 valence electrons. The Labute approximate surface area is 113 Å². The van der Waals surface area contributed by atoms with Crippen LogP contribution in [0.1, 0.15) is 31.7 Å². The van der Waals surface area contributed by atoms with Crippen LogP contribution >= 0.6 is 0 Å². The number of nitrogens with one attached hydrogen (secondary N) is 1. The molecular weight excluding hydrogens is 242 g/mol. The molecule has 1 saturated carbocycles. The average Bonchev–Trinajstić information content (AvgIpc) is 3.23. The molecule has 1 amide bonds. The Hall–Kier alpha value is -1.55. The van der Waals surface area contributed by atoms with Crippen molar-refractivity contribution in [3.05, 3.63) is 29.8 Å². The SMILES string of the molecule is CC(Oc1cccc(CO)c1)C(=O)NCCC1CC1. The molecule has 0 heterocycles. The highest BCUT2D eigenvalue weighted by atomic mass is 16.5. The molecule has 1 unspecified atom stereocenters. The van der Waals surface area contributed by atoms with Crippen molar-refractivity contribution >= 4 is 5.91 Å². The van der Waals surface area contributed by atoms with Crippen LogP contribution in [0.3, 0.4) is 0 Å². The lowest BCUT2D eigenvalue weighted by molar-refractivity contribution is -0.127. The van der Waals surface area contributed by atoms with Gasteiger partial charge < -0.3 is 15.2 Å². The maximum absolute atomic E-state index is 11.8. The molecule has 19 heavy (non-hydrogen) atoms. The molecule has 1 aliphatic rings. The zero-order chi connectivity index (χ0) is 13.7. The van der Waals surface area contributed by atoms with Crippen molar-refractivity contribution in [3.63, 3.8) is 0 Å². The van der Waals surface area contributed by atoms with E-state index in [0.29, 0.717) is 5.75 Å². The largest absolute Gasteiger partial charge is 0.481 e. The minimum Gasteiger partial charge on any atom is -0.481 e. The number of aliphatic hydroxyl groups is 1. The fourth-order valence-electron chi connectivity index (χ4n) is 1.92. The van der Waals surface area contributed by atoms with Crippen LogP contribution in [-0.2, 0) is 11.4 Å². The topological polar surface area (TPSA) is 58.6 Å². The van der Waals surface area contributed by atoms with E-state index in [9.17, 15) is 4.79 Å². The first-order valence-electron chi connectivity index (χ1n) is 6.83. The number of carbonyl (C=O) groups is 1. The summed E-state index contributed by atoms with van der Waals surface area (Å²) in [5.74, 6) is 1.34. The zero-order valence-electron chi connectivity index (χ0n) is 11.3. The Bertz CT molecular complexity index is 429. The van der Waals surface area contributed by atoms with Gasteiger partial charge in [-0.25, -0.2) is 0 Å². The number of amides is 1. The highest BCUT2D eigenvalue weighted by Crippen LogP contribution is 2.31. The summed E-state index contributed by atoms with van der Waals surface area (Å²) in [6, 6.07) is 7.15. The number of rotatable bonds is 7. The first-order valence-corrected chi connectivity index (χ1v) is 6.83. The number of hydrogen-bond donors (Lipinski definition) is 2. The first kappa shape index (κ1) is 13.9. The Balaban J connectivity index is 1.77. The highest BCUT2D eigenvalue weighted by molar-refractivity contribution is 5.80. The zero-order valence-corrected chi connectivity index (χ0v) is 11.3. The van der Waals surface area contributed by atoms with Gasteiger partial charge in [0.25, 0.3) is 5.91 Å². The van der Waals surface area contributed by atoms with E-state index in [1.807, 2.05) is 6.07 Å². The quantitative estimate of drug-likeness (QED) is 0.789. The van der Waals surface area contributed by atoms with Crippen molar-refractivity contribution in [2.75, 3.05) is 6.54 Å². The molecule has 2 rings (SSSR count). The van der Waals surface area contributed by atoms with Crippen LogP contribution < -0.4 is 10.1 Å². The third-order valence-corrected chi connectivity index (χ3v) is 3.31. The summed E-state index contributed by atoms with van der Waals surface area (Å²) in [7, 11) is 0. The molecule has 1 aromatic rings. The average molecular weight is 263 g/mol. The standard InChI is InChI=1S/C15H21NO3/c1-11(15(18)16-8-7-12-5-6-12)19-14-4-2-3-13(9-14)10-17/h2-4,9,11-12,17H,5-8,10H2,1H3,(H,16,18). The van der Waals surface area contributed by atoms with Crippen LogP contribution in [0.25, 0.3) is 0 Å². The number of ether oxygens (including phenoxy) is 1. The molecule has 0 aromatic heterocycles. The Morgan fingerprint density at radius 3 is 3.00 bits per heavy atom. The third-order valence-electron chi connectivity index (χ3n) is 3.31. The van der Waals surface area contributed by atoms with Gasteiger partial charge in [0.2, 0.25) is 0 Å². The van der Waals surface area contributed by atoms with Crippen LogP contribution in [0.2, 0.25) is 0 Å². The van der Waals surface area contributed by atoms with E-state index in [1.165, 1.54) is 12.8 Å². The van der Waals surface area contributed by atoms with Crippen molar-refractivity contribution < 1.29 is 14.6 Å². The van der Waals surface area contributed by atoms with Crippen LogP contribution in [0, 0.1) is 5.92 Å². The van der Waals surface area contributed by atoms with Gasteiger partial charge in [-0.15, -0.1) is 0 Å². The molecule has 1 aliphatic carbocycles. The highest BCUT2D eigenvalue weighted by Gasteiger charge is 2.21. The third kappa shape index (κ3) is 4.56. The molecule has 0 spiro atoms. The number of aliphatic hydroxyl groups excluding tert-OH is 1. The van der Waals surface area contributed by atoms with E-state index < -0.39 is 6.10 Å². The van der Waals surface area contributed by atoms with E-state index in [1.54, 1.807) is 25.1 Å². The van der Waals surface area contributed by atoms with Crippen molar-refractivity contribution in [2.45, 2.75) is 38.9 Å². The predicted octanol–water partition coefficient (Wildman–Crippen LogP) is 1.86. The smallest absolute Gasteiger partial charge is 0.260 e. The van der Waals surface area contributed by atoms with Gasteiger partial charge >= 0.3 is 0 Å². The molecular formula is C15H21NO3. The van der Waals surface area contributed by atoms with Crippen LogP contribution in [-0.4, -0.2) is 23.7 Å². The lowest BCUT2D eigenvalue weighted by atomic mass is 10.2. The number of benzene rings is 1. The van der Waals surface area contributed by atoms with Gasteiger partial charge in [0.05, 0.1) is 6.61 Å². The fourth-order valence-corrected chi connectivity index (χ4v) is 1.92. The number of carbonyl (C=O) groups excluding carboxylic acids is 1. The summed E-state index contributed by atoms with van der Waals surface area (Å²) in [5.41, 5.74) is 0.777. The summed E-state index contributed by atoms with van der Waals surface area (Å²) in [6.45, 7) is 2.44. The summed E-state index contributed by atoms with van der Waals surface area (Å²) in [5, 5.41) is 11.9. The predicted molar refractivity (Wildman–Crippen MR) is 72.8 cm³/mol. The fraction of sp³-hybridized carbons (Fsp3) is 0.533. The summed E-state index contributed by atoms with van der Waals surface area (Å²) in [6.07, 6.45) is 3.15. The van der Waals surface area contributed by atoms with Crippen molar-refractivity contribution in [1.29, 1.82) is 0 Å². The van der Waals surface area contributed by atoms with Gasteiger partial charge in [0.1, 0.15) is 5.75 Å². The minimum atomic E-state index is -0.520. The van der Waals surface area contributed by atoms with Crippen LogP contribution in [0.15, 0.2) is 24.3 Å². The Morgan fingerprint density at radius 1 is 1.53 bits per heavy atom. The van der Waals surface area contributed by atoms with Crippen molar-refractivity contribution in [2.24, 2.45) is 5.92 Å². The summed E-state index contributed by atoms with van der Waals surface area (Å²) >= 11 is 0. The minimum absolute atomic E-state index is 0.0286. The maximum Gasteiger partial charge on any atom is 0.260 e. The van der Waals surface area contributed by atoms with Gasteiger partial charge in [0, 0.05) is 6.54 Å². The Kier molecular flexibility index (Phi) is 4.80. The molecule has 1 aromatic carbocycles. The van der Waals surface area contributed by atoms with E-state index in [-0.39, 0.29) is 12.5 Å². The summed E-state index contributed by atoms with van der Waals surface area (Å²) in [4.78, 5) is 11.8. The van der Waals surface area contributed by atoms with Gasteiger partial charge in [-0.3, -0.25) is 4.79 Å². The maximum atomic E-state index is 11.8. The van der Waals surface area contributed by atoms with E-state index in [0.717, 1.165) is 24.4 Å². The molecule has 4 heteroatoms. The van der Waals surface area contributed by atoms with Gasteiger partial charge in [-0.05, 0) is 37.0 Å². The van der Waals surface area contributed by atoms with E-state index in [2.05, 4.69) is 5.32 Å². The van der Waals surface area contributed by atoms with Gasteiger partial charge in [0.15, 0.2) is 6.10 Å². The van der Waals surface area contributed by atoms with E-state index >= 15 is 0 Å². The van der Waals surface area contributed by atoms with Crippen LogP contribution in [0.5, 0.6) is 5.75 Å². The number of hydrogen-bond acceptors (Lipinski definition) is 3. The second-order valence-electron chi connectivity index (χ2n) is 5.09. The normalized spacial score (nSPS) is 15.9. The molecule has 0 radical (unpaired) electrons. The second-order valence-corrected chi connectivity index (χ2v) is 5.09. The molecule has 0 bridgehead atoms. The molecule has 2 N–H and O–H groups in total. The molecule has 4 nitrogen and oxygen atoms in total. The lowest BCUT2D eigenvalue weighted by Gasteiger charge is -2.15. The van der Waals surface area contributed by atoms with Crippen molar-refractivity contribution in [1.82, 2.24) is 5.32 Å². The molecule has 0 aliphatic heterocycles. The van der Waals surface area contributed by atoms with Crippen LogP contribution in [0.4, 0.5) is 0 Å². The Morgan fingerprint density at radius 2 is 2.32 bits per heavy atom. The van der Waals surface area contributed by atoms with Gasteiger partial charge in [-0.1, -0.05) is 25.0 Å². The molecule has 0 saturated heterocycles. The monoisotopic (exact) mass is 263 g/mol. The second kappa shape index (κ2) is 6.57. The van der Waals surface area contributed by atoms with Crippen molar-refractivity contribution in [3.8, 4) is 5.75 Å². The van der Waals surface area contributed by atoms with Gasteiger partial charge in [-0.2, -0.15) is 0 Å². The molecule has 1 atom stereocenters. The first-order chi connectivity index (χ1) is 9.19. The lowest BCUT2D eigenvalue weighted by Crippen LogP contribution is -2.36. The summed E-state index contributed by atoms with van der Waals surface area (Å²) < 4.78 is 5.57.